The smallest absolute Gasteiger partial charge is 0.0429 e. The largest absolute Gasteiger partial charge is 0.367 e. The summed E-state index contributed by atoms with van der Waals surface area (Å²) in [7, 11) is 2.22. The molecule has 1 aliphatic heterocycles. The molecule has 1 aromatic rings. The van der Waals surface area contributed by atoms with Crippen LogP contribution in [-0.2, 0) is 0 Å². The fourth-order valence-electron chi connectivity index (χ4n) is 3.23. The van der Waals surface area contributed by atoms with Gasteiger partial charge in [0.1, 0.15) is 0 Å². The topological polar surface area (TPSA) is 32.5 Å². The molecule has 3 heteroatoms. The zero-order valence-corrected chi connectivity index (χ0v) is 12.5. The van der Waals surface area contributed by atoms with Crippen LogP contribution in [0.5, 0.6) is 0 Å². The van der Waals surface area contributed by atoms with Gasteiger partial charge < -0.3 is 15.5 Å². The van der Waals surface area contributed by atoms with Gasteiger partial charge >= 0.3 is 0 Å². The molecule has 2 unspecified atom stereocenters. The summed E-state index contributed by atoms with van der Waals surface area (Å²) in [6.45, 7) is 8.70. The highest BCUT2D eigenvalue weighted by molar-refractivity contribution is 5.54. The molecule has 0 saturated carbocycles. The Hall–Kier alpha value is -1.06. The van der Waals surface area contributed by atoms with Crippen LogP contribution in [0.15, 0.2) is 24.3 Å². The van der Waals surface area contributed by atoms with Gasteiger partial charge in [-0.3, -0.25) is 0 Å². The minimum absolute atomic E-state index is 0.529. The molecular formula is C16H27N3. The van der Waals surface area contributed by atoms with Crippen molar-refractivity contribution in [2.75, 3.05) is 38.1 Å². The van der Waals surface area contributed by atoms with Crippen LogP contribution in [0.2, 0.25) is 0 Å². The lowest BCUT2D eigenvalue weighted by molar-refractivity contribution is 0.300. The third kappa shape index (κ3) is 3.48. The summed E-state index contributed by atoms with van der Waals surface area (Å²) in [4.78, 5) is 5.03. The molecule has 1 saturated heterocycles. The van der Waals surface area contributed by atoms with Crippen LogP contribution in [0.4, 0.5) is 5.69 Å². The zero-order chi connectivity index (χ0) is 13.8. The van der Waals surface area contributed by atoms with E-state index in [-0.39, 0.29) is 0 Å². The Balaban J connectivity index is 2.29. The molecule has 1 heterocycles. The van der Waals surface area contributed by atoms with E-state index >= 15 is 0 Å². The number of hydrogen-bond donors (Lipinski definition) is 1. The van der Waals surface area contributed by atoms with Crippen LogP contribution in [0.3, 0.4) is 0 Å². The van der Waals surface area contributed by atoms with Crippen molar-refractivity contribution in [1.29, 1.82) is 0 Å². The van der Waals surface area contributed by atoms with Crippen molar-refractivity contribution in [3.05, 3.63) is 29.8 Å². The lowest BCUT2D eigenvalue weighted by Gasteiger charge is -2.34. The van der Waals surface area contributed by atoms with Crippen LogP contribution in [-0.4, -0.2) is 44.2 Å². The summed E-state index contributed by atoms with van der Waals surface area (Å²) < 4.78 is 0. The highest BCUT2D eigenvalue weighted by Crippen LogP contribution is 2.26. The van der Waals surface area contributed by atoms with E-state index in [1.165, 1.54) is 17.8 Å². The Bertz CT molecular complexity index is 405. The molecule has 1 fully saturated rings. The van der Waals surface area contributed by atoms with Crippen LogP contribution in [0, 0.1) is 12.8 Å². The predicted molar refractivity (Wildman–Crippen MR) is 82.6 cm³/mol. The van der Waals surface area contributed by atoms with Gasteiger partial charge in [-0.2, -0.15) is 0 Å². The summed E-state index contributed by atoms with van der Waals surface area (Å²) in [6.07, 6.45) is 1.06. The first-order chi connectivity index (χ1) is 9.11. The Labute approximate surface area is 117 Å². The molecule has 0 spiro atoms. The van der Waals surface area contributed by atoms with Crippen LogP contribution >= 0.6 is 0 Å². The quantitative estimate of drug-likeness (QED) is 0.904. The molecule has 106 valence electrons. The number of nitrogens with two attached hydrogens (primary N) is 1. The van der Waals surface area contributed by atoms with Crippen LogP contribution in [0.25, 0.3) is 0 Å². The van der Waals surface area contributed by atoms with Crippen LogP contribution < -0.4 is 10.6 Å². The molecule has 0 aliphatic carbocycles. The second kappa shape index (κ2) is 6.40. The molecule has 2 atom stereocenters. The van der Waals surface area contributed by atoms with Gasteiger partial charge in [0.25, 0.3) is 0 Å². The van der Waals surface area contributed by atoms with Crippen molar-refractivity contribution in [3.8, 4) is 0 Å². The maximum Gasteiger partial charge on any atom is 0.0429 e. The second-order valence-corrected chi connectivity index (χ2v) is 6.00. The lowest BCUT2D eigenvalue weighted by atomic mass is 10.1. The zero-order valence-electron chi connectivity index (χ0n) is 12.5. The van der Waals surface area contributed by atoms with E-state index in [1.54, 1.807) is 0 Å². The molecule has 0 bridgehead atoms. The fraction of sp³-hybridized carbons (Fsp3) is 0.625. The lowest BCUT2D eigenvalue weighted by Crippen LogP contribution is -2.42. The Morgan fingerprint density at radius 3 is 2.63 bits per heavy atom. The Kier molecular flexibility index (Phi) is 4.83. The summed E-state index contributed by atoms with van der Waals surface area (Å²) in [6, 6.07) is 9.23. The van der Waals surface area contributed by atoms with E-state index in [0.717, 1.165) is 26.1 Å². The van der Waals surface area contributed by atoms with Gasteiger partial charge in [0.2, 0.25) is 0 Å². The number of benzene rings is 1. The number of hydrogen-bond acceptors (Lipinski definition) is 3. The Morgan fingerprint density at radius 2 is 1.95 bits per heavy atom. The van der Waals surface area contributed by atoms with E-state index < -0.39 is 0 Å². The van der Waals surface area contributed by atoms with Crippen molar-refractivity contribution < 1.29 is 0 Å². The molecule has 2 N–H and O–H groups in total. The molecule has 0 aromatic heterocycles. The van der Waals surface area contributed by atoms with Gasteiger partial charge in [0.05, 0.1) is 0 Å². The highest BCUT2D eigenvalue weighted by Gasteiger charge is 2.26. The number of para-hydroxylation sites is 1. The molecule has 2 rings (SSSR count). The van der Waals surface area contributed by atoms with Crippen molar-refractivity contribution in [2.45, 2.75) is 26.3 Å². The number of nitrogens with zero attached hydrogens (tertiary/aromatic N) is 2. The van der Waals surface area contributed by atoms with Crippen molar-refractivity contribution in [1.82, 2.24) is 4.90 Å². The number of rotatable bonds is 3. The number of anilines is 1. The third-order valence-corrected chi connectivity index (χ3v) is 4.02. The van der Waals surface area contributed by atoms with E-state index in [0.29, 0.717) is 12.0 Å². The first-order valence-corrected chi connectivity index (χ1v) is 7.32. The SMILES string of the molecule is Cc1ccccc1N1CC(C)CN(C)CC1CCN. The first-order valence-electron chi connectivity index (χ1n) is 7.32. The predicted octanol–water partition coefficient (Wildman–Crippen LogP) is 2.10. The monoisotopic (exact) mass is 261 g/mol. The summed E-state index contributed by atoms with van der Waals surface area (Å²) >= 11 is 0. The van der Waals surface area contributed by atoms with Gasteiger partial charge in [-0.25, -0.2) is 0 Å². The molecule has 3 nitrogen and oxygen atoms in total. The Morgan fingerprint density at radius 1 is 1.21 bits per heavy atom. The van der Waals surface area contributed by atoms with E-state index in [1.807, 2.05) is 0 Å². The minimum Gasteiger partial charge on any atom is -0.367 e. The molecule has 1 aromatic carbocycles. The van der Waals surface area contributed by atoms with Gasteiger partial charge in [-0.1, -0.05) is 25.1 Å². The molecule has 1 aliphatic rings. The summed E-state index contributed by atoms with van der Waals surface area (Å²) in [5.41, 5.74) is 8.56. The number of likely N-dealkylation sites (N-methyl/N-ethyl adjacent to an activating group) is 1. The highest BCUT2D eigenvalue weighted by atomic mass is 15.2. The van der Waals surface area contributed by atoms with Crippen molar-refractivity contribution >= 4 is 5.69 Å². The molecule has 0 amide bonds. The van der Waals surface area contributed by atoms with E-state index in [4.69, 9.17) is 5.73 Å². The molecular weight excluding hydrogens is 234 g/mol. The summed E-state index contributed by atoms with van der Waals surface area (Å²) in [5, 5.41) is 0. The average molecular weight is 261 g/mol. The molecule has 19 heavy (non-hydrogen) atoms. The van der Waals surface area contributed by atoms with Crippen molar-refractivity contribution in [2.24, 2.45) is 11.7 Å². The van der Waals surface area contributed by atoms with Crippen LogP contribution in [0.1, 0.15) is 18.9 Å². The first kappa shape index (κ1) is 14.4. The molecule has 0 radical (unpaired) electrons. The van der Waals surface area contributed by atoms with E-state index in [9.17, 15) is 0 Å². The second-order valence-electron chi connectivity index (χ2n) is 6.00. The normalized spacial score (nSPS) is 25.4. The minimum atomic E-state index is 0.529. The van der Waals surface area contributed by atoms with Crippen molar-refractivity contribution in [3.63, 3.8) is 0 Å². The van der Waals surface area contributed by atoms with Gasteiger partial charge in [0.15, 0.2) is 0 Å². The maximum atomic E-state index is 5.82. The van der Waals surface area contributed by atoms with Gasteiger partial charge in [0, 0.05) is 31.4 Å². The van der Waals surface area contributed by atoms with Gasteiger partial charge in [-0.15, -0.1) is 0 Å². The maximum absolute atomic E-state index is 5.82. The number of aryl methyl sites for hydroxylation is 1. The average Bonchev–Trinajstić information content (AvgIpc) is 2.49. The standard InChI is InChI=1S/C16H27N3/c1-13-10-18(3)12-15(8-9-17)19(11-13)16-7-5-4-6-14(16)2/h4-7,13,15H,8-12,17H2,1-3H3. The summed E-state index contributed by atoms with van der Waals surface area (Å²) in [5.74, 6) is 0.687. The third-order valence-electron chi connectivity index (χ3n) is 4.02. The fourth-order valence-corrected chi connectivity index (χ4v) is 3.23. The van der Waals surface area contributed by atoms with E-state index in [2.05, 4.69) is 55.0 Å². The van der Waals surface area contributed by atoms with Gasteiger partial charge in [-0.05, 0) is 44.5 Å².